The normalized spacial score (nSPS) is 10.8. The van der Waals surface area contributed by atoms with Crippen molar-refractivity contribution in [2.45, 2.75) is 20.1 Å². The van der Waals surface area contributed by atoms with Gasteiger partial charge in [-0.05, 0) is 19.1 Å². The van der Waals surface area contributed by atoms with Gasteiger partial charge in [-0.2, -0.15) is 4.98 Å². The van der Waals surface area contributed by atoms with Crippen molar-refractivity contribution in [3.8, 4) is 0 Å². The summed E-state index contributed by atoms with van der Waals surface area (Å²) in [5, 5.41) is 3.59. The van der Waals surface area contributed by atoms with Crippen molar-refractivity contribution >= 4 is 17.0 Å². The number of carbonyl (C=O) groups is 1. The van der Waals surface area contributed by atoms with E-state index in [0.29, 0.717) is 16.9 Å². The van der Waals surface area contributed by atoms with E-state index in [9.17, 15) is 9.59 Å². The van der Waals surface area contributed by atoms with Gasteiger partial charge in [-0.25, -0.2) is 4.98 Å². The zero-order valence-electron chi connectivity index (χ0n) is 11.7. The average molecular weight is 300 g/mol. The highest BCUT2D eigenvalue weighted by Crippen LogP contribution is 2.08. The standard InChI is InChI=1S/C14H12N4O4/c1-9-16-12(22-17-9)8-21-14(20)7-18-11-5-3-2-4-10(11)15-6-13(18)19/h2-6H,7-8H2,1H3. The molecule has 0 spiro atoms. The molecule has 1 aromatic carbocycles. The average Bonchev–Trinajstić information content (AvgIpc) is 2.94. The van der Waals surface area contributed by atoms with Gasteiger partial charge in [0.05, 0.1) is 17.2 Å². The van der Waals surface area contributed by atoms with Crippen LogP contribution in [0.3, 0.4) is 0 Å². The predicted octanol–water partition coefficient (Wildman–Crippen LogP) is 0.831. The van der Waals surface area contributed by atoms with Crippen LogP contribution in [-0.2, 0) is 22.7 Å². The van der Waals surface area contributed by atoms with Crippen molar-refractivity contribution in [2.75, 3.05) is 0 Å². The topological polar surface area (TPSA) is 100 Å². The van der Waals surface area contributed by atoms with Crippen LogP contribution >= 0.6 is 0 Å². The maximum atomic E-state index is 11.9. The monoisotopic (exact) mass is 300 g/mol. The number of hydrogen-bond donors (Lipinski definition) is 0. The predicted molar refractivity (Wildman–Crippen MR) is 74.8 cm³/mol. The number of fused-ring (bicyclic) bond motifs is 1. The van der Waals surface area contributed by atoms with Gasteiger partial charge in [-0.15, -0.1) is 0 Å². The molecule has 0 bridgehead atoms. The number of benzene rings is 1. The summed E-state index contributed by atoms with van der Waals surface area (Å²) in [6.45, 7) is 1.32. The Morgan fingerprint density at radius 3 is 2.95 bits per heavy atom. The molecule has 0 radical (unpaired) electrons. The lowest BCUT2D eigenvalue weighted by atomic mass is 10.3. The van der Waals surface area contributed by atoms with Crippen molar-refractivity contribution < 1.29 is 14.1 Å². The van der Waals surface area contributed by atoms with Gasteiger partial charge in [0.1, 0.15) is 6.54 Å². The minimum Gasteiger partial charge on any atom is -0.454 e. The van der Waals surface area contributed by atoms with Gasteiger partial charge in [-0.1, -0.05) is 17.3 Å². The summed E-state index contributed by atoms with van der Waals surface area (Å²) in [6, 6.07) is 7.06. The summed E-state index contributed by atoms with van der Waals surface area (Å²) in [5.74, 6) is 0.0921. The minimum atomic E-state index is -0.575. The van der Waals surface area contributed by atoms with E-state index >= 15 is 0 Å². The van der Waals surface area contributed by atoms with Crippen LogP contribution < -0.4 is 5.56 Å². The third-order valence-electron chi connectivity index (χ3n) is 2.97. The molecule has 2 heterocycles. The van der Waals surface area contributed by atoms with E-state index in [1.807, 2.05) is 0 Å². The number of aromatic nitrogens is 4. The Morgan fingerprint density at radius 2 is 2.18 bits per heavy atom. The second-order valence-corrected chi connectivity index (χ2v) is 4.57. The first kappa shape index (κ1) is 13.9. The van der Waals surface area contributed by atoms with Crippen molar-refractivity contribution in [1.29, 1.82) is 0 Å². The molecular formula is C14H12N4O4. The molecule has 0 fully saturated rings. The molecule has 0 aliphatic carbocycles. The molecule has 0 aliphatic rings. The van der Waals surface area contributed by atoms with Crippen molar-refractivity contribution in [3.05, 3.63) is 52.5 Å². The van der Waals surface area contributed by atoms with E-state index in [4.69, 9.17) is 9.26 Å². The number of rotatable bonds is 4. The second kappa shape index (κ2) is 5.76. The number of hydrogen-bond acceptors (Lipinski definition) is 7. The molecule has 0 amide bonds. The minimum absolute atomic E-state index is 0.128. The largest absolute Gasteiger partial charge is 0.454 e. The zero-order chi connectivity index (χ0) is 15.5. The quantitative estimate of drug-likeness (QED) is 0.658. The Balaban J connectivity index is 1.76. The van der Waals surface area contributed by atoms with E-state index in [2.05, 4.69) is 15.1 Å². The van der Waals surface area contributed by atoms with E-state index in [1.165, 1.54) is 10.8 Å². The first-order valence-corrected chi connectivity index (χ1v) is 6.53. The Hall–Kier alpha value is -3.03. The summed E-state index contributed by atoms with van der Waals surface area (Å²) in [7, 11) is 0. The molecule has 3 rings (SSSR count). The lowest BCUT2D eigenvalue weighted by molar-refractivity contribution is -0.146. The second-order valence-electron chi connectivity index (χ2n) is 4.57. The number of aryl methyl sites for hydroxylation is 1. The molecule has 3 aromatic rings. The molecule has 22 heavy (non-hydrogen) atoms. The van der Waals surface area contributed by atoms with Gasteiger partial charge in [-0.3, -0.25) is 14.2 Å². The highest BCUT2D eigenvalue weighted by atomic mass is 16.6. The summed E-state index contributed by atoms with van der Waals surface area (Å²) in [5.41, 5.74) is 0.826. The molecular weight excluding hydrogens is 288 g/mol. The molecule has 0 N–H and O–H groups in total. The molecule has 112 valence electrons. The van der Waals surface area contributed by atoms with E-state index in [0.717, 1.165) is 0 Å². The number of para-hydroxylation sites is 2. The fourth-order valence-corrected chi connectivity index (χ4v) is 1.99. The summed E-state index contributed by atoms with van der Waals surface area (Å²) >= 11 is 0. The third kappa shape index (κ3) is 2.85. The lowest BCUT2D eigenvalue weighted by Crippen LogP contribution is -2.25. The fraction of sp³-hybridized carbons (Fsp3) is 0.214. The highest BCUT2D eigenvalue weighted by molar-refractivity contribution is 5.77. The van der Waals surface area contributed by atoms with E-state index in [1.54, 1.807) is 31.2 Å². The van der Waals surface area contributed by atoms with Crippen molar-refractivity contribution in [1.82, 2.24) is 19.7 Å². The summed E-state index contributed by atoms with van der Waals surface area (Å²) in [4.78, 5) is 31.7. The smallest absolute Gasteiger partial charge is 0.326 e. The molecule has 0 saturated carbocycles. The Bertz CT molecular complexity index is 884. The van der Waals surface area contributed by atoms with Crippen molar-refractivity contribution in [2.24, 2.45) is 0 Å². The maximum absolute atomic E-state index is 11.9. The molecule has 2 aromatic heterocycles. The van der Waals surface area contributed by atoms with Gasteiger partial charge in [0.25, 0.3) is 11.4 Å². The first-order valence-electron chi connectivity index (χ1n) is 6.53. The van der Waals surface area contributed by atoms with Crippen LogP contribution in [0, 0.1) is 6.92 Å². The van der Waals surface area contributed by atoms with E-state index in [-0.39, 0.29) is 24.6 Å². The molecule has 0 aliphatic heterocycles. The summed E-state index contributed by atoms with van der Waals surface area (Å²) in [6.07, 6.45) is 1.18. The Kier molecular flexibility index (Phi) is 3.65. The van der Waals surface area contributed by atoms with Crippen LogP contribution in [0.15, 0.2) is 39.8 Å². The molecule has 8 nitrogen and oxygen atoms in total. The highest BCUT2D eigenvalue weighted by Gasteiger charge is 2.11. The number of nitrogens with zero attached hydrogens (tertiary/aromatic N) is 4. The van der Waals surface area contributed by atoms with Crippen LogP contribution in [-0.4, -0.2) is 25.7 Å². The zero-order valence-corrected chi connectivity index (χ0v) is 11.7. The van der Waals surface area contributed by atoms with Crippen LogP contribution in [0.25, 0.3) is 11.0 Å². The summed E-state index contributed by atoms with van der Waals surface area (Å²) < 4.78 is 11.2. The van der Waals surface area contributed by atoms with Crippen LogP contribution in [0.5, 0.6) is 0 Å². The number of esters is 1. The van der Waals surface area contributed by atoms with Crippen LogP contribution in [0.4, 0.5) is 0 Å². The molecule has 8 heteroatoms. The molecule has 0 atom stereocenters. The van der Waals surface area contributed by atoms with Gasteiger partial charge in [0.2, 0.25) is 0 Å². The SMILES string of the molecule is Cc1noc(COC(=O)Cn2c(=O)cnc3ccccc32)n1. The van der Waals surface area contributed by atoms with Crippen LogP contribution in [0.2, 0.25) is 0 Å². The van der Waals surface area contributed by atoms with Gasteiger partial charge < -0.3 is 9.26 Å². The van der Waals surface area contributed by atoms with Gasteiger partial charge >= 0.3 is 5.97 Å². The Labute approximate surface area is 124 Å². The van der Waals surface area contributed by atoms with E-state index < -0.39 is 5.97 Å². The molecule has 0 unspecified atom stereocenters. The molecule has 0 saturated heterocycles. The van der Waals surface area contributed by atoms with Crippen molar-refractivity contribution in [3.63, 3.8) is 0 Å². The van der Waals surface area contributed by atoms with Gasteiger partial charge in [0.15, 0.2) is 12.4 Å². The number of ether oxygens (including phenoxy) is 1. The third-order valence-corrected chi connectivity index (χ3v) is 2.97. The fourth-order valence-electron chi connectivity index (χ4n) is 1.99. The van der Waals surface area contributed by atoms with Crippen LogP contribution in [0.1, 0.15) is 11.7 Å². The van der Waals surface area contributed by atoms with Gasteiger partial charge in [0, 0.05) is 0 Å². The number of carbonyl (C=O) groups excluding carboxylic acids is 1. The lowest BCUT2D eigenvalue weighted by Gasteiger charge is -2.08. The maximum Gasteiger partial charge on any atom is 0.326 e. The Morgan fingerprint density at radius 1 is 1.36 bits per heavy atom. The first-order chi connectivity index (χ1) is 10.6.